The number of halogens is 2. The van der Waals surface area contributed by atoms with Gasteiger partial charge in [-0.15, -0.1) is 0 Å². The van der Waals surface area contributed by atoms with Gasteiger partial charge in [-0.1, -0.05) is 22.0 Å². The Labute approximate surface area is 122 Å². The predicted molar refractivity (Wildman–Crippen MR) is 77.9 cm³/mol. The molecule has 0 amide bonds. The van der Waals surface area contributed by atoms with E-state index in [0.717, 1.165) is 4.47 Å². The minimum Gasteiger partial charge on any atom is -0.369 e. The van der Waals surface area contributed by atoms with Crippen LogP contribution in [0.5, 0.6) is 0 Å². The molecule has 20 heavy (non-hydrogen) atoms. The molecule has 0 atom stereocenters. The Hall–Kier alpha value is -2.39. The second-order valence-corrected chi connectivity index (χ2v) is 5.10. The van der Waals surface area contributed by atoms with Crippen molar-refractivity contribution in [2.24, 2.45) is 0 Å². The highest BCUT2D eigenvalue weighted by molar-refractivity contribution is 9.10. The van der Waals surface area contributed by atoms with Gasteiger partial charge in [-0.05, 0) is 30.3 Å². The van der Waals surface area contributed by atoms with Crippen LogP contribution in [-0.2, 0) is 0 Å². The summed E-state index contributed by atoms with van der Waals surface area (Å²) in [4.78, 5) is 4.17. The van der Waals surface area contributed by atoms with E-state index in [9.17, 15) is 4.39 Å². The average Bonchev–Trinajstić information content (AvgIpc) is 2.77. The van der Waals surface area contributed by atoms with Gasteiger partial charge < -0.3 is 5.73 Å². The quantitative estimate of drug-likeness (QED) is 0.743. The third kappa shape index (κ3) is 1.84. The fourth-order valence-electron chi connectivity index (χ4n) is 2.12. The van der Waals surface area contributed by atoms with Crippen molar-refractivity contribution in [1.29, 1.82) is 5.26 Å². The van der Waals surface area contributed by atoms with E-state index in [4.69, 9.17) is 11.0 Å². The molecule has 98 valence electrons. The molecule has 2 aromatic carbocycles. The molecule has 0 bridgehead atoms. The Balaban J connectivity index is 2.40. The highest BCUT2D eigenvalue weighted by Gasteiger charge is 2.15. The van der Waals surface area contributed by atoms with Crippen LogP contribution in [0, 0.1) is 17.1 Å². The standard InChI is InChI=1S/C14H8BrFN4/c15-9-4-5-10(16)12(6-9)20-11-3-1-2-8(7-17)13(11)19-14(20)18/h1-6H,(H2,18,19). The van der Waals surface area contributed by atoms with E-state index in [1.165, 1.54) is 10.6 Å². The highest BCUT2D eigenvalue weighted by atomic mass is 79.9. The molecule has 1 heterocycles. The minimum atomic E-state index is -0.415. The van der Waals surface area contributed by atoms with Crippen molar-refractivity contribution in [3.63, 3.8) is 0 Å². The smallest absolute Gasteiger partial charge is 0.206 e. The van der Waals surface area contributed by atoms with E-state index in [2.05, 4.69) is 27.0 Å². The second kappa shape index (κ2) is 4.62. The first-order chi connectivity index (χ1) is 9.61. The Bertz CT molecular complexity index is 863. The van der Waals surface area contributed by atoms with Crippen LogP contribution in [0.2, 0.25) is 0 Å². The Kier molecular flexibility index (Phi) is 2.92. The minimum absolute atomic E-state index is 0.139. The summed E-state index contributed by atoms with van der Waals surface area (Å²) in [5, 5.41) is 9.08. The largest absolute Gasteiger partial charge is 0.369 e. The number of fused-ring (bicyclic) bond motifs is 1. The number of aromatic nitrogens is 2. The molecule has 0 aliphatic heterocycles. The number of rotatable bonds is 1. The lowest BCUT2D eigenvalue weighted by atomic mass is 10.2. The van der Waals surface area contributed by atoms with Gasteiger partial charge in [-0.3, -0.25) is 4.57 Å². The van der Waals surface area contributed by atoms with Gasteiger partial charge in [0.05, 0.1) is 16.8 Å². The molecule has 3 aromatic rings. The van der Waals surface area contributed by atoms with Gasteiger partial charge in [-0.2, -0.15) is 5.26 Å². The maximum absolute atomic E-state index is 14.0. The molecule has 0 fully saturated rings. The number of para-hydroxylation sites is 1. The average molecular weight is 331 g/mol. The number of anilines is 1. The van der Waals surface area contributed by atoms with E-state index >= 15 is 0 Å². The topological polar surface area (TPSA) is 67.6 Å². The van der Waals surface area contributed by atoms with Crippen LogP contribution in [-0.4, -0.2) is 9.55 Å². The molecule has 0 unspecified atom stereocenters. The molecular weight excluding hydrogens is 323 g/mol. The fraction of sp³-hybridized carbons (Fsp3) is 0. The molecule has 0 saturated heterocycles. The van der Waals surface area contributed by atoms with Gasteiger partial charge in [0.25, 0.3) is 0 Å². The lowest BCUT2D eigenvalue weighted by Crippen LogP contribution is -2.02. The molecule has 0 saturated carbocycles. The zero-order valence-corrected chi connectivity index (χ0v) is 11.7. The Morgan fingerprint density at radius 1 is 1.30 bits per heavy atom. The predicted octanol–water partition coefficient (Wildman–Crippen LogP) is 3.38. The number of imidazole rings is 1. The number of nitrogen functional groups attached to an aromatic ring is 1. The highest BCUT2D eigenvalue weighted by Crippen LogP contribution is 2.28. The summed E-state index contributed by atoms with van der Waals surface area (Å²) < 4.78 is 16.3. The van der Waals surface area contributed by atoms with Crippen molar-refractivity contribution >= 4 is 32.9 Å². The van der Waals surface area contributed by atoms with Crippen molar-refractivity contribution in [1.82, 2.24) is 9.55 Å². The summed E-state index contributed by atoms with van der Waals surface area (Å²) in [5.74, 6) is -0.277. The first-order valence-corrected chi connectivity index (χ1v) is 6.53. The summed E-state index contributed by atoms with van der Waals surface area (Å²) in [5.41, 5.74) is 7.64. The van der Waals surface area contributed by atoms with Gasteiger partial charge in [-0.25, -0.2) is 9.37 Å². The number of nitriles is 1. The van der Waals surface area contributed by atoms with Crippen molar-refractivity contribution in [3.8, 4) is 11.8 Å². The molecule has 2 N–H and O–H groups in total. The Morgan fingerprint density at radius 3 is 2.85 bits per heavy atom. The van der Waals surface area contributed by atoms with Crippen LogP contribution < -0.4 is 5.73 Å². The molecule has 6 heteroatoms. The molecule has 0 spiro atoms. The van der Waals surface area contributed by atoms with E-state index < -0.39 is 5.82 Å². The van der Waals surface area contributed by atoms with Crippen LogP contribution in [0.3, 0.4) is 0 Å². The Morgan fingerprint density at radius 2 is 2.10 bits per heavy atom. The lowest BCUT2D eigenvalue weighted by Gasteiger charge is -2.08. The number of benzene rings is 2. The van der Waals surface area contributed by atoms with Crippen LogP contribution in [0.4, 0.5) is 10.3 Å². The third-order valence-electron chi connectivity index (χ3n) is 2.98. The number of hydrogen-bond acceptors (Lipinski definition) is 3. The van der Waals surface area contributed by atoms with E-state index in [0.29, 0.717) is 16.6 Å². The first kappa shape index (κ1) is 12.6. The lowest BCUT2D eigenvalue weighted by molar-refractivity contribution is 0.619. The second-order valence-electron chi connectivity index (χ2n) is 4.19. The number of hydrogen-bond donors (Lipinski definition) is 1. The first-order valence-electron chi connectivity index (χ1n) is 5.74. The molecule has 1 aromatic heterocycles. The molecule has 4 nitrogen and oxygen atoms in total. The van der Waals surface area contributed by atoms with Gasteiger partial charge in [0.15, 0.2) is 0 Å². The van der Waals surface area contributed by atoms with Crippen LogP contribution >= 0.6 is 15.9 Å². The van der Waals surface area contributed by atoms with Crippen molar-refractivity contribution in [2.45, 2.75) is 0 Å². The maximum Gasteiger partial charge on any atom is 0.206 e. The van der Waals surface area contributed by atoms with E-state index in [-0.39, 0.29) is 11.6 Å². The van der Waals surface area contributed by atoms with Gasteiger partial charge in [0, 0.05) is 4.47 Å². The maximum atomic E-state index is 14.0. The zero-order chi connectivity index (χ0) is 14.3. The van der Waals surface area contributed by atoms with Crippen molar-refractivity contribution in [3.05, 3.63) is 52.3 Å². The summed E-state index contributed by atoms with van der Waals surface area (Å²) in [6.45, 7) is 0. The van der Waals surface area contributed by atoms with Crippen LogP contribution in [0.25, 0.3) is 16.7 Å². The van der Waals surface area contributed by atoms with Crippen LogP contribution in [0.1, 0.15) is 5.56 Å². The van der Waals surface area contributed by atoms with Gasteiger partial charge in [0.2, 0.25) is 5.95 Å². The third-order valence-corrected chi connectivity index (χ3v) is 3.47. The van der Waals surface area contributed by atoms with E-state index in [1.54, 1.807) is 30.3 Å². The molecule has 0 radical (unpaired) electrons. The summed E-state index contributed by atoms with van der Waals surface area (Å²) in [6.07, 6.45) is 0. The van der Waals surface area contributed by atoms with Crippen molar-refractivity contribution < 1.29 is 4.39 Å². The molecule has 3 rings (SSSR count). The van der Waals surface area contributed by atoms with Gasteiger partial charge in [0.1, 0.15) is 17.4 Å². The SMILES string of the molecule is N#Cc1cccc2c1nc(N)n2-c1cc(Br)ccc1F. The zero-order valence-electron chi connectivity index (χ0n) is 10.1. The van der Waals surface area contributed by atoms with Gasteiger partial charge >= 0.3 is 0 Å². The fourth-order valence-corrected chi connectivity index (χ4v) is 2.47. The molecular formula is C14H8BrFN4. The van der Waals surface area contributed by atoms with E-state index in [1.807, 2.05) is 0 Å². The molecule has 0 aliphatic carbocycles. The van der Waals surface area contributed by atoms with Crippen molar-refractivity contribution in [2.75, 3.05) is 5.73 Å². The summed E-state index contributed by atoms with van der Waals surface area (Å²) in [6, 6.07) is 11.7. The normalized spacial score (nSPS) is 10.7. The monoisotopic (exact) mass is 330 g/mol. The summed E-state index contributed by atoms with van der Waals surface area (Å²) in [7, 11) is 0. The number of nitrogens with two attached hydrogens (primary N) is 1. The number of nitrogens with zero attached hydrogens (tertiary/aromatic N) is 3. The summed E-state index contributed by atoms with van der Waals surface area (Å²) >= 11 is 3.31. The molecule has 0 aliphatic rings. The van der Waals surface area contributed by atoms with Crippen LogP contribution in [0.15, 0.2) is 40.9 Å².